The summed E-state index contributed by atoms with van der Waals surface area (Å²) in [6.07, 6.45) is 0.125. The third-order valence-electron chi connectivity index (χ3n) is 4.35. The van der Waals surface area contributed by atoms with Gasteiger partial charge in [-0.3, -0.25) is 9.59 Å². The number of para-hydroxylation sites is 1. The minimum absolute atomic E-state index is 0.125. The van der Waals surface area contributed by atoms with Crippen LogP contribution in [0.1, 0.15) is 24.9 Å². The van der Waals surface area contributed by atoms with Crippen molar-refractivity contribution in [1.82, 2.24) is 5.32 Å². The minimum atomic E-state index is -0.436. The summed E-state index contributed by atoms with van der Waals surface area (Å²) in [4.78, 5) is 25.6. The smallest absolute Gasteiger partial charge is 0.238 e. The lowest BCUT2D eigenvalue weighted by Crippen LogP contribution is -2.35. The van der Waals surface area contributed by atoms with Crippen molar-refractivity contribution in [2.75, 3.05) is 12.1 Å². The first-order chi connectivity index (χ1) is 12.6. The molecule has 0 aromatic heterocycles. The lowest BCUT2D eigenvalue weighted by atomic mass is 10.1. The average Bonchev–Trinajstić information content (AvgIpc) is 3.10. The molecule has 6 nitrogen and oxygen atoms in total. The van der Waals surface area contributed by atoms with E-state index in [1.807, 2.05) is 49.4 Å². The van der Waals surface area contributed by atoms with E-state index in [0.717, 1.165) is 16.1 Å². The van der Waals surface area contributed by atoms with Crippen LogP contribution in [0.3, 0.4) is 0 Å². The number of hydrogen-bond acceptors (Lipinski definition) is 5. The van der Waals surface area contributed by atoms with Gasteiger partial charge in [-0.2, -0.15) is 0 Å². The van der Waals surface area contributed by atoms with E-state index in [1.165, 1.54) is 11.8 Å². The number of carbonyl (C=O) groups excluding carboxylic acids is 2. The molecule has 0 bridgehead atoms. The molecule has 0 spiro atoms. The Balaban J connectivity index is 1.39. The van der Waals surface area contributed by atoms with Crippen LogP contribution in [0.5, 0.6) is 11.5 Å². The van der Waals surface area contributed by atoms with Crippen molar-refractivity contribution in [2.24, 2.45) is 0 Å². The Hall–Kier alpha value is -2.67. The van der Waals surface area contributed by atoms with Gasteiger partial charge in [0.05, 0.1) is 17.0 Å². The standard InChI is InChI=1S/C19H18N2O4S/c1-11(12-6-7-14-15(8-12)25-10-24-14)20-18(22)9-17-19(23)21-13-4-2-3-5-16(13)26-17/h2-8,11,17H,9-10H2,1H3,(H,20,22)(H,21,23)/t11-,17-/m1/s1. The second-order valence-corrected chi connectivity index (χ2v) is 7.44. The highest BCUT2D eigenvalue weighted by Gasteiger charge is 2.29. The van der Waals surface area contributed by atoms with Gasteiger partial charge in [-0.1, -0.05) is 18.2 Å². The maximum Gasteiger partial charge on any atom is 0.238 e. The van der Waals surface area contributed by atoms with Crippen LogP contribution in [0.2, 0.25) is 0 Å². The van der Waals surface area contributed by atoms with Crippen LogP contribution in [0, 0.1) is 0 Å². The lowest BCUT2D eigenvalue weighted by Gasteiger charge is -2.24. The summed E-state index contributed by atoms with van der Waals surface area (Å²) in [6.45, 7) is 2.12. The van der Waals surface area contributed by atoms with E-state index in [2.05, 4.69) is 10.6 Å². The largest absolute Gasteiger partial charge is 0.454 e. The zero-order valence-corrected chi connectivity index (χ0v) is 15.0. The van der Waals surface area contributed by atoms with Gasteiger partial charge in [0.15, 0.2) is 11.5 Å². The molecule has 0 radical (unpaired) electrons. The van der Waals surface area contributed by atoms with Crippen LogP contribution >= 0.6 is 11.8 Å². The van der Waals surface area contributed by atoms with Gasteiger partial charge in [-0.15, -0.1) is 11.8 Å². The van der Waals surface area contributed by atoms with Crippen LogP contribution in [0.25, 0.3) is 0 Å². The number of hydrogen-bond donors (Lipinski definition) is 2. The number of ether oxygens (including phenoxy) is 2. The molecular weight excluding hydrogens is 352 g/mol. The molecule has 2 aromatic carbocycles. The number of fused-ring (bicyclic) bond motifs is 2. The Morgan fingerprint density at radius 3 is 2.96 bits per heavy atom. The Morgan fingerprint density at radius 1 is 1.27 bits per heavy atom. The SMILES string of the molecule is C[C@@H](NC(=O)C[C@H]1Sc2ccccc2NC1=O)c1ccc2c(c1)OCO2. The lowest BCUT2D eigenvalue weighted by molar-refractivity contribution is -0.124. The van der Waals surface area contributed by atoms with Gasteiger partial charge in [-0.25, -0.2) is 0 Å². The van der Waals surface area contributed by atoms with Crippen molar-refractivity contribution in [2.45, 2.75) is 29.5 Å². The topological polar surface area (TPSA) is 76.7 Å². The highest BCUT2D eigenvalue weighted by atomic mass is 32.2. The summed E-state index contributed by atoms with van der Waals surface area (Å²) < 4.78 is 10.7. The Labute approximate surface area is 155 Å². The van der Waals surface area contributed by atoms with Gasteiger partial charge >= 0.3 is 0 Å². The van der Waals surface area contributed by atoms with Crippen LogP contribution in [-0.4, -0.2) is 23.9 Å². The molecule has 0 saturated carbocycles. The highest BCUT2D eigenvalue weighted by molar-refractivity contribution is 8.01. The van der Waals surface area contributed by atoms with Crippen molar-refractivity contribution in [3.05, 3.63) is 48.0 Å². The molecule has 134 valence electrons. The molecule has 0 aliphatic carbocycles. The summed E-state index contributed by atoms with van der Waals surface area (Å²) in [5.41, 5.74) is 1.72. The first-order valence-electron chi connectivity index (χ1n) is 8.35. The fourth-order valence-corrected chi connectivity index (χ4v) is 4.07. The van der Waals surface area contributed by atoms with E-state index in [1.54, 1.807) is 0 Å². The van der Waals surface area contributed by atoms with Crippen LogP contribution in [0.4, 0.5) is 5.69 Å². The van der Waals surface area contributed by atoms with Gasteiger partial charge < -0.3 is 20.1 Å². The molecule has 2 atom stereocenters. The van der Waals surface area contributed by atoms with Gasteiger partial charge in [0.1, 0.15) is 0 Å². The second kappa shape index (κ2) is 6.92. The number of thioether (sulfide) groups is 1. The van der Waals surface area contributed by atoms with E-state index in [0.29, 0.717) is 11.5 Å². The summed E-state index contributed by atoms with van der Waals surface area (Å²) in [5.74, 6) is 1.09. The van der Waals surface area contributed by atoms with Crippen molar-refractivity contribution >= 4 is 29.3 Å². The monoisotopic (exact) mass is 370 g/mol. The summed E-state index contributed by atoms with van der Waals surface area (Å²) in [7, 11) is 0. The molecule has 0 fully saturated rings. The maximum absolute atomic E-state index is 12.4. The molecular formula is C19H18N2O4S. The fraction of sp³-hybridized carbons (Fsp3) is 0.263. The molecule has 26 heavy (non-hydrogen) atoms. The molecule has 0 saturated heterocycles. The number of carbonyl (C=O) groups is 2. The molecule has 2 aliphatic rings. The fourth-order valence-electron chi connectivity index (χ4n) is 2.96. The molecule has 4 rings (SSSR count). The first-order valence-corrected chi connectivity index (χ1v) is 9.23. The molecule has 7 heteroatoms. The number of benzene rings is 2. The zero-order valence-electron chi connectivity index (χ0n) is 14.2. The summed E-state index contributed by atoms with van der Waals surface area (Å²) in [5, 5.41) is 5.37. The predicted octanol–water partition coefficient (Wildman–Crippen LogP) is 3.10. The molecule has 2 aromatic rings. The third kappa shape index (κ3) is 3.35. The van der Waals surface area contributed by atoms with E-state index < -0.39 is 5.25 Å². The number of anilines is 1. The quantitative estimate of drug-likeness (QED) is 0.865. The normalized spacial score (nSPS) is 18.7. The molecule has 2 aliphatic heterocycles. The Bertz CT molecular complexity index is 870. The number of amides is 2. The summed E-state index contributed by atoms with van der Waals surface area (Å²) in [6, 6.07) is 13.0. The van der Waals surface area contributed by atoms with Gasteiger partial charge in [0.25, 0.3) is 0 Å². The average molecular weight is 370 g/mol. The van der Waals surface area contributed by atoms with Crippen molar-refractivity contribution < 1.29 is 19.1 Å². The van der Waals surface area contributed by atoms with E-state index in [9.17, 15) is 9.59 Å². The Morgan fingerprint density at radius 2 is 2.08 bits per heavy atom. The van der Waals surface area contributed by atoms with E-state index in [4.69, 9.17) is 9.47 Å². The first kappa shape index (κ1) is 16.8. The second-order valence-electron chi connectivity index (χ2n) is 6.20. The molecule has 0 unspecified atom stereocenters. The van der Waals surface area contributed by atoms with Gasteiger partial charge in [0, 0.05) is 11.3 Å². The van der Waals surface area contributed by atoms with Crippen LogP contribution in [-0.2, 0) is 9.59 Å². The Kier molecular flexibility index (Phi) is 4.46. The van der Waals surface area contributed by atoms with Crippen molar-refractivity contribution in [1.29, 1.82) is 0 Å². The minimum Gasteiger partial charge on any atom is -0.454 e. The van der Waals surface area contributed by atoms with Crippen molar-refractivity contribution in [3.63, 3.8) is 0 Å². The van der Waals surface area contributed by atoms with E-state index in [-0.39, 0.29) is 31.1 Å². The van der Waals surface area contributed by atoms with E-state index >= 15 is 0 Å². The molecule has 2 amide bonds. The summed E-state index contributed by atoms with van der Waals surface area (Å²) >= 11 is 1.42. The maximum atomic E-state index is 12.4. The predicted molar refractivity (Wildman–Crippen MR) is 98.5 cm³/mol. The van der Waals surface area contributed by atoms with Gasteiger partial charge in [0.2, 0.25) is 18.6 Å². The number of nitrogens with one attached hydrogen (secondary N) is 2. The highest BCUT2D eigenvalue weighted by Crippen LogP contribution is 2.37. The van der Waals surface area contributed by atoms with Crippen molar-refractivity contribution in [3.8, 4) is 11.5 Å². The zero-order chi connectivity index (χ0) is 18.1. The van der Waals surface area contributed by atoms with Crippen LogP contribution < -0.4 is 20.1 Å². The third-order valence-corrected chi connectivity index (χ3v) is 5.63. The van der Waals surface area contributed by atoms with Crippen LogP contribution in [0.15, 0.2) is 47.4 Å². The number of rotatable bonds is 4. The molecule has 2 N–H and O–H groups in total. The molecule has 2 heterocycles. The van der Waals surface area contributed by atoms with Gasteiger partial charge in [-0.05, 0) is 36.8 Å².